The summed E-state index contributed by atoms with van der Waals surface area (Å²) in [4.78, 5) is 32.0. The van der Waals surface area contributed by atoms with E-state index >= 15 is 0 Å². The van der Waals surface area contributed by atoms with E-state index in [9.17, 15) is 9.59 Å². The maximum Gasteiger partial charge on any atom is 0.350 e. The van der Waals surface area contributed by atoms with Gasteiger partial charge in [0.05, 0.1) is 0 Å². The molecule has 150 valence electrons. The first kappa shape index (κ1) is 18.6. The van der Waals surface area contributed by atoms with E-state index in [1.54, 1.807) is 36.7 Å². The predicted octanol–water partition coefficient (Wildman–Crippen LogP) is 2.99. The first-order chi connectivity index (χ1) is 14.6. The summed E-state index contributed by atoms with van der Waals surface area (Å²) in [6.45, 7) is 1.34. The molecule has 0 bridgehead atoms. The SMILES string of the molecule is O=C(Cn1nc2c(N3CCc4ccccc4C3)nccn2c1=O)c1ccc(Cl)cc1. The zero-order valence-electron chi connectivity index (χ0n) is 16.0. The molecule has 0 aliphatic carbocycles. The summed E-state index contributed by atoms with van der Waals surface area (Å²) in [7, 11) is 0. The number of ketones is 1. The lowest BCUT2D eigenvalue weighted by molar-refractivity contribution is 0.0966. The van der Waals surface area contributed by atoms with Crippen LogP contribution in [0.15, 0.2) is 65.7 Å². The number of carbonyl (C=O) groups excluding carboxylic acids is 1. The minimum absolute atomic E-state index is 0.148. The molecular formula is C22H18ClN5O2. The first-order valence-corrected chi connectivity index (χ1v) is 10.0. The lowest BCUT2D eigenvalue weighted by Crippen LogP contribution is -2.31. The predicted molar refractivity (Wildman–Crippen MR) is 114 cm³/mol. The number of anilines is 1. The Morgan fingerprint density at radius 2 is 1.83 bits per heavy atom. The van der Waals surface area contributed by atoms with Crippen LogP contribution >= 0.6 is 11.6 Å². The molecule has 1 aliphatic heterocycles. The molecule has 0 saturated heterocycles. The minimum atomic E-state index is -0.367. The number of fused-ring (bicyclic) bond motifs is 2. The fourth-order valence-corrected chi connectivity index (χ4v) is 3.93. The summed E-state index contributed by atoms with van der Waals surface area (Å²) >= 11 is 5.88. The number of rotatable bonds is 4. The van der Waals surface area contributed by atoms with E-state index < -0.39 is 0 Å². The topological polar surface area (TPSA) is 72.5 Å². The largest absolute Gasteiger partial charge is 0.350 e. The van der Waals surface area contributed by atoms with Gasteiger partial charge in [-0.25, -0.2) is 18.9 Å². The van der Waals surface area contributed by atoms with Crippen molar-refractivity contribution in [3.63, 3.8) is 0 Å². The van der Waals surface area contributed by atoms with Gasteiger partial charge < -0.3 is 4.90 Å². The second kappa shape index (κ2) is 7.42. The minimum Gasteiger partial charge on any atom is -0.349 e. The highest BCUT2D eigenvalue weighted by Crippen LogP contribution is 2.24. The van der Waals surface area contributed by atoms with Crippen molar-refractivity contribution in [2.45, 2.75) is 19.5 Å². The van der Waals surface area contributed by atoms with Crippen LogP contribution in [0.4, 0.5) is 5.82 Å². The highest BCUT2D eigenvalue weighted by Gasteiger charge is 2.22. The smallest absolute Gasteiger partial charge is 0.349 e. The Balaban J connectivity index is 1.48. The van der Waals surface area contributed by atoms with Gasteiger partial charge in [-0.05, 0) is 41.8 Å². The van der Waals surface area contributed by atoms with Crippen LogP contribution in [0.3, 0.4) is 0 Å². The van der Waals surface area contributed by atoms with Gasteiger partial charge in [-0.2, -0.15) is 0 Å². The summed E-state index contributed by atoms with van der Waals surface area (Å²) in [6.07, 6.45) is 4.07. The molecule has 7 nitrogen and oxygen atoms in total. The maximum atomic E-state index is 12.8. The van der Waals surface area contributed by atoms with Crippen LogP contribution in [0, 0.1) is 0 Å². The van der Waals surface area contributed by atoms with Gasteiger partial charge in [0, 0.05) is 36.1 Å². The van der Waals surface area contributed by atoms with Gasteiger partial charge in [0.1, 0.15) is 6.54 Å². The Labute approximate surface area is 177 Å². The van der Waals surface area contributed by atoms with E-state index in [0.29, 0.717) is 28.6 Å². The molecule has 0 N–H and O–H groups in total. The molecule has 0 radical (unpaired) electrons. The standard InChI is InChI=1S/C22H18ClN5O2/c23-18-7-5-16(6-8-18)19(29)14-28-22(30)27-12-10-24-20(21(27)25-28)26-11-9-15-3-1-2-4-17(15)13-26/h1-8,10,12H,9,11,13-14H2. The quantitative estimate of drug-likeness (QED) is 0.475. The molecule has 0 amide bonds. The summed E-state index contributed by atoms with van der Waals surface area (Å²) < 4.78 is 2.63. The van der Waals surface area contributed by atoms with Crippen molar-refractivity contribution in [1.82, 2.24) is 19.2 Å². The Morgan fingerprint density at radius 1 is 1.07 bits per heavy atom. The summed E-state index contributed by atoms with van der Waals surface area (Å²) in [5.41, 5.74) is 3.14. The molecule has 30 heavy (non-hydrogen) atoms. The van der Waals surface area contributed by atoms with Crippen LogP contribution in [0.25, 0.3) is 5.65 Å². The molecule has 0 fully saturated rings. The van der Waals surface area contributed by atoms with Crippen molar-refractivity contribution >= 4 is 28.8 Å². The normalized spacial score (nSPS) is 13.4. The molecule has 8 heteroatoms. The highest BCUT2D eigenvalue weighted by atomic mass is 35.5. The molecular weight excluding hydrogens is 402 g/mol. The van der Waals surface area contributed by atoms with Gasteiger partial charge >= 0.3 is 5.69 Å². The number of hydrogen-bond donors (Lipinski definition) is 0. The molecule has 5 rings (SSSR count). The molecule has 1 aliphatic rings. The lowest BCUT2D eigenvalue weighted by atomic mass is 10.00. The second-order valence-corrected chi connectivity index (χ2v) is 7.69. The van der Waals surface area contributed by atoms with Crippen molar-refractivity contribution in [3.8, 4) is 0 Å². The van der Waals surface area contributed by atoms with E-state index in [4.69, 9.17) is 11.6 Å². The monoisotopic (exact) mass is 419 g/mol. The van der Waals surface area contributed by atoms with Crippen molar-refractivity contribution < 1.29 is 4.79 Å². The number of benzene rings is 2. The lowest BCUT2D eigenvalue weighted by Gasteiger charge is -2.29. The molecule has 4 aromatic rings. The van der Waals surface area contributed by atoms with Gasteiger partial charge in [0.2, 0.25) is 5.65 Å². The molecule has 0 saturated carbocycles. The van der Waals surface area contributed by atoms with Crippen LogP contribution in [-0.4, -0.2) is 31.5 Å². The number of nitrogens with zero attached hydrogens (tertiary/aromatic N) is 5. The molecule has 2 aromatic carbocycles. The van der Waals surface area contributed by atoms with E-state index in [1.807, 2.05) is 12.1 Å². The summed E-state index contributed by atoms with van der Waals surface area (Å²) in [6, 6.07) is 14.9. The molecule has 2 aromatic heterocycles. The van der Waals surface area contributed by atoms with Gasteiger partial charge in [0.25, 0.3) is 0 Å². The molecule has 3 heterocycles. The van der Waals surface area contributed by atoms with Gasteiger partial charge in [-0.1, -0.05) is 35.9 Å². The summed E-state index contributed by atoms with van der Waals surface area (Å²) in [5.74, 6) is 0.431. The third-order valence-electron chi connectivity index (χ3n) is 5.37. The Morgan fingerprint density at radius 3 is 2.63 bits per heavy atom. The Bertz CT molecular complexity index is 1310. The van der Waals surface area contributed by atoms with Crippen LogP contribution < -0.4 is 10.6 Å². The number of carbonyl (C=O) groups is 1. The van der Waals surface area contributed by atoms with Crippen LogP contribution in [0.5, 0.6) is 0 Å². The Hall–Kier alpha value is -3.45. The van der Waals surface area contributed by atoms with E-state index in [0.717, 1.165) is 13.0 Å². The third-order valence-corrected chi connectivity index (χ3v) is 5.62. The number of hydrogen-bond acceptors (Lipinski definition) is 5. The van der Waals surface area contributed by atoms with Gasteiger partial charge in [-0.3, -0.25) is 4.79 Å². The Kier molecular flexibility index (Phi) is 4.59. The van der Waals surface area contributed by atoms with Crippen LogP contribution in [0.1, 0.15) is 21.5 Å². The summed E-state index contributed by atoms with van der Waals surface area (Å²) in [5, 5.41) is 4.99. The average molecular weight is 420 g/mol. The zero-order valence-corrected chi connectivity index (χ0v) is 16.8. The number of aromatic nitrogens is 4. The van der Waals surface area contributed by atoms with Crippen LogP contribution in [0.2, 0.25) is 5.02 Å². The molecule has 0 unspecified atom stereocenters. The van der Waals surface area contributed by atoms with Gasteiger partial charge in [-0.15, -0.1) is 5.10 Å². The zero-order chi connectivity index (χ0) is 20.7. The molecule has 0 atom stereocenters. The number of halogens is 1. The molecule has 0 spiro atoms. The third kappa shape index (κ3) is 3.27. The van der Waals surface area contributed by atoms with E-state index in [2.05, 4.69) is 27.1 Å². The maximum absolute atomic E-state index is 12.8. The first-order valence-electron chi connectivity index (χ1n) is 9.65. The van der Waals surface area contributed by atoms with E-state index in [-0.39, 0.29) is 18.0 Å². The van der Waals surface area contributed by atoms with Crippen molar-refractivity contribution in [2.24, 2.45) is 0 Å². The van der Waals surface area contributed by atoms with Gasteiger partial charge in [0.15, 0.2) is 11.6 Å². The van der Waals surface area contributed by atoms with Crippen molar-refractivity contribution in [3.05, 3.63) is 93.1 Å². The highest BCUT2D eigenvalue weighted by molar-refractivity contribution is 6.30. The van der Waals surface area contributed by atoms with Crippen molar-refractivity contribution in [2.75, 3.05) is 11.4 Å². The van der Waals surface area contributed by atoms with E-state index in [1.165, 1.54) is 20.2 Å². The van der Waals surface area contributed by atoms with Crippen LogP contribution in [-0.2, 0) is 19.5 Å². The fourth-order valence-electron chi connectivity index (χ4n) is 3.80. The average Bonchev–Trinajstić information content (AvgIpc) is 3.09. The van der Waals surface area contributed by atoms with Crippen molar-refractivity contribution in [1.29, 1.82) is 0 Å². The fraction of sp³-hybridized carbons (Fsp3) is 0.182. The number of Topliss-reactive ketones (excluding diaryl/α,β-unsaturated/α-hetero) is 1. The second-order valence-electron chi connectivity index (χ2n) is 7.26.